The van der Waals surface area contributed by atoms with Crippen molar-refractivity contribution in [3.8, 4) is 40.2 Å². The molecule has 2 aromatic rings. The molecule has 0 saturated heterocycles. The van der Waals surface area contributed by atoms with Crippen LogP contribution in [0.5, 0.6) is 40.2 Å². The van der Waals surface area contributed by atoms with Crippen LogP contribution < -0.4 is 33.2 Å². The molecule has 0 unspecified atom stereocenters. The Kier molecular flexibility index (Phi) is 6.81. The molecule has 0 spiro atoms. The Morgan fingerprint density at radius 2 is 1.00 bits per heavy atom. The van der Waals surface area contributed by atoms with Crippen LogP contribution in [0.3, 0.4) is 0 Å². The first-order valence-electron chi connectivity index (χ1n) is 8.23. The molecule has 2 aromatic carbocycles. The number of hydrogen-bond acceptors (Lipinski definition) is 8. The molecule has 0 N–H and O–H groups in total. The Labute approximate surface area is 163 Å². The molecule has 0 amide bonds. The lowest BCUT2D eigenvalue weighted by Gasteiger charge is -2.19. The van der Waals surface area contributed by atoms with E-state index in [0.29, 0.717) is 23.0 Å². The van der Waals surface area contributed by atoms with Crippen LogP contribution in [-0.2, 0) is 0 Å². The first kappa shape index (κ1) is 21.0. The van der Waals surface area contributed by atoms with Gasteiger partial charge in [-0.3, -0.25) is 4.79 Å². The molecular formula is C20H24O8. The minimum atomic E-state index is -0.381. The van der Waals surface area contributed by atoms with Crippen molar-refractivity contribution in [2.75, 3.05) is 49.8 Å². The zero-order valence-corrected chi connectivity index (χ0v) is 17.0. The van der Waals surface area contributed by atoms with Crippen LogP contribution in [0.25, 0.3) is 0 Å². The molecule has 0 heterocycles. The maximum Gasteiger partial charge on any atom is 0.208 e. The molecule has 0 atom stereocenters. The van der Waals surface area contributed by atoms with Crippen molar-refractivity contribution in [2.24, 2.45) is 0 Å². The lowest BCUT2D eigenvalue weighted by Crippen LogP contribution is -2.10. The van der Waals surface area contributed by atoms with Gasteiger partial charge in [0.2, 0.25) is 23.0 Å². The Bertz CT molecular complexity index is 860. The van der Waals surface area contributed by atoms with Gasteiger partial charge in [-0.1, -0.05) is 0 Å². The number of ketones is 1. The predicted octanol–water partition coefficient (Wildman–Crippen LogP) is 2.98. The van der Waals surface area contributed by atoms with Crippen molar-refractivity contribution in [1.29, 1.82) is 0 Å². The van der Waals surface area contributed by atoms with E-state index in [1.165, 1.54) is 55.8 Å². The van der Waals surface area contributed by atoms with E-state index in [4.69, 9.17) is 33.2 Å². The molecular weight excluding hydrogens is 368 g/mol. The summed E-state index contributed by atoms with van der Waals surface area (Å²) < 4.78 is 37.6. The zero-order chi connectivity index (χ0) is 20.8. The molecule has 28 heavy (non-hydrogen) atoms. The van der Waals surface area contributed by atoms with Crippen molar-refractivity contribution >= 4 is 5.78 Å². The number of methoxy groups -OCH3 is 7. The average molecular weight is 392 g/mol. The standard InChI is InChI=1S/C20H24O8/c1-22-13-9-8-11(16(24-3)18(13)26-5)15(21)12-10-14(23-2)19(27-6)20(28-7)17(12)25-4/h8-10H,1-7H3. The normalized spacial score (nSPS) is 10.1. The van der Waals surface area contributed by atoms with Crippen LogP contribution in [0.1, 0.15) is 15.9 Å². The first-order valence-corrected chi connectivity index (χ1v) is 8.23. The van der Waals surface area contributed by atoms with Gasteiger partial charge in [0.25, 0.3) is 0 Å². The number of hydrogen-bond donors (Lipinski definition) is 0. The van der Waals surface area contributed by atoms with Crippen molar-refractivity contribution in [2.45, 2.75) is 0 Å². The number of benzene rings is 2. The fourth-order valence-corrected chi connectivity index (χ4v) is 2.93. The fraction of sp³-hybridized carbons (Fsp3) is 0.350. The van der Waals surface area contributed by atoms with Crippen LogP contribution in [0, 0.1) is 0 Å². The topological polar surface area (TPSA) is 81.7 Å². The highest BCUT2D eigenvalue weighted by Gasteiger charge is 2.29. The lowest BCUT2D eigenvalue weighted by molar-refractivity contribution is 0.103. The summed E-state index contributed by atoms with van der Waals surface area (Å²) in [6, 6.07) is 4.74. The van der Waals surface area contributed by atoms with Gasteiger partial charge in [-0.15, -0.1) is 0 Å². The van der Waals surface area contributed by atoms with Gasteiger partial charge in [-0.05, 0) is 18.2 Å². The van der Waals surface area contributed by atoms with E-state index in [9.17, 15) is 4.79 Å². The Morgan fingerprint density at radius 1 is 0.536 bits per heavy atom. The first-order chi connectivity index (χ1) is 13.5. The molecule has 0 aliphatic heterocycles. The zero-order valence-electron chi connectivity index (χ0n) is 17.0. The smallest absolute Gasteiger partial charge is 0.208 e. The second-order valence-electron chi connectivity index (χ2n) is 5.44. The van der Waals surface area contributed by atoms with E-state index in [0.717, 1.165) is 0 Å². The average Bonchev–Trinajstić information content (AvgIpc) is 2.75. The van der Waals surface area contributed by atoms with Crippen LogP contribution in [0.15, 0.2) is 18.2 Å². The van der Waals surface area contributed by atoms with Gasteiger partial charge in [0.1, 0.15) is 0 Å². The molecule has 0 saturated carbocycles. The van der Waals surface area contributed by atoms with Crippen molar-refractivity contribution in [1.82, 2.24) is 0 Å². The third-order valence-electron chi connectivity index (χ3n) is 4.18. The molecule has 8 heteroatoms. The van der Waals surface area contributed by atoms with Gasteiger partial charge >= 0.3 is 0 Å². The largest absolute Gasteiger partial charge is 0.493 e. The van der Waals surface area contributed by atoms with E-state index in [-0.39, 0.29) is 34.2 Å². The Balaban J connectivity index is 2.77. The highest BCUT2D eigenvalue weighted by molar-refractivity contribution is 6.14. The highest BCUT2D eigenvalue weighted by Crippen LogP contribution is 2.48. The number of carbonyl (C=O) groups excluding carboxylic acids is 1. The Morgan fingerprint density at radius 3 is 1.46 bits per heavy atom. The summed E-state index contributed by atoms with van der Waals surface area (Å²) >= 11 is 0. The van der Waals surface area contributed by atoms with Crippen LogP contribution in [0.2, 0.25) is 0 Å². The highest BCUT2D eigenvalue weighted by atomic mass is 16.5. The third-order valence-corrected chi connectivity index (χ3v) is 4.18. The summed E-state index contributed by atoms with van der Waals surface area (Å²) in [5.74, 6) is 1.70. The number of rotatable bonds is 9. The molecule has 152 valence electrons. The summed E-state index contributed by atoms with van der Waals surface area (Å²) in [6.45, 7) is 0. The molecule has 8 nitrogen and oxygen atoms in total. The van der Waals surface area contributed by atoms with Crippen molar-refractivity contribution < 1.29 is 38.0 Å². The van der Waals surface area contributed by atoms with Gasteiger partial charge in [0.15, 0.2) is 23.0 Å². The minimum absolute atomic E-state index is 0.210. The van der Waals surface area contributed by atoms with E-state index in [1.807, 2.05) is 0 Å². The predicted molar refractivity (Wildman–Crippen MR) is 102 cm³/mol. The molecule has 0 fully saturated rings. The van der Waals surface area contributed by atoms with Crippen LogP contribution in [-0.4, -0.2) is 55.6 Å². The van der Waals surface area contributed by atoms with Crippen molar-refractivity contribution in [3.05, 3.63) is 29.3 Å². The third kappa shape index (κ3) is 3.45. The molecule has 0 aliphatic rings. The SMILES string of the molecule is COc1ccc(C(=O)c2cc(OC)c(OC)c(OC)c2OC)c(OC)c1OC. The van der Waals surface area contributed by atoms with E-state index < -0.39 is 0 Å². The Hall–Kier alpha value is -3.29. The molecule has 0 radical (unpaired) electrons. The van der Waals surface area contributed by atoms with Gasteiger partial charge in [0, 0.05) is 0 Å². The van der Waals surface area contributed by atoms with E-state index in [1.54, 1.807) is 12.1 Å². The number of carbonyl (C=O) groups is 1. The van der Waals surface area contributed by atoms with Crippen LogP contribution in [0.4, 0.5) is 0 Å². The van der Waals surface area contributed by atoms with Gasteiger partial charge < -0.3 is 33.2 Å². The summed E-state index contributed by atoms with van der Waals surface area (Å²) in [7, 11) is 10.2. The summed E-state index contributed by atoms with van der Waals surface area (Å²) in [5, 5.41) is 0. The van der Waals surface area contributed by atoms with E-state index in [2.05, 4.69) is 0 Å². The quantitative estimate of drug-likeness (QED) is 0.603. The van der Waals surface area contributed by atoms with Gasteiger partial charge in [-0.25, -0.2) is 0 Å². The lowest BCUT2D eigenvalue weighted by atomic mass is 9.99. The summed E-state index contributed by atoms with van der Waals surface area (Å²) in [5.41, 5.74) is 0.468. The molecule has 2 rings (SSSR count). The summed E-state index contributed by atoms with van der Waals surface area (Å²) in [4.78, 5) is 13.4. The van der Waals surface area contributed by atoms with Gasteiger partial charge in [-0.2, -0.15) is 0 Å². The van der Waals surface area contributed by atoms with Crippen LogP contribution >= 0.6 is 0 Å². The molecule has 0 aliphatic carbocycles. The van der Waals surface area contributed by atoms with Gasteiger partial charge in [0.05, 0.1) is 60.9 Å². The fourth-order valence-electron chi connectivity index (χ4n) is 2.93. The monoisotopic (exact) mass is 392 g/mol. The maximum atomic E-state index is 13.4. The molecule has 0 bridgehead atoms. The maximum absolute atomic E-state index is 13.4. The second-order valence-corrected chi connectivity index (χ2v) is 5.44. The van der Waals surface area contributed by atoms with Crippen molar-refractivity contribution in [3.63, 3.8) is 0 Å². The second kappa shape index (κ2) is 9.07. The molecule has 0 aromatic heterocycles. The number of ether oxygens (including phenoxy) is 7. The van der Waals surface area contributed by atoms with E-state index >= 15 is 0 Å². The summed E-state index contributed by atoms with van der Waals surface area (Å²) in [6.07, 6.45) is 0. The minimum Gasteiger partial charge on any atom is -0.493 e.